The van der Waals surface area contributed by atoms with Crippen LogP contribution in [0.1, 0.15) is 41.1 Å². The van der Waals surface area contributed by atoms with Gasteiger partial charge >= 0.3 is 0 Å². The van der Waals surface area contributed by atoms with Gasteiger partial charge in [-0.25, -0.2) is 4.39 Å². The summed E-state index contributed by atoms with van der Waals surface area (Å²) < 4.78 is 13.1. The number of primary amides is 1. The molecule has 14 heavy (non-hydrogen) atoms. The van der Waals surface area contributed by atoms with Crippen molar-refractivity contribution in [1.82, 2.24) is 0 Å². The molecule has 0 heterocycles. The summed E-state index contributed by atoms with van der Waals surface area (Å²) in [6.45, 7) is 0. The maximum atomic E-state index is 13.1. The Balaban J connectivity index is 2.35. The zero-order valence-electron chi connectivity index (χ0n) is 7.79. The monoisotopic (exact) mass is 193 g/mol. The van der Waals surface area contributed by atoms with Crippen LogP contribution >= 0.6 is 0 Å². The van der Waals surface area contributed by atoms with Crippen molar-refractivity contribution in [3.63, 3.8) is 0 Å². The third-order valence-electron chi connectivity index (χ3n) is 2.78. The fraction of sp³-hybridized carbons (Fsp3) is 0.364. The standard InChI is InChI=1S/C11H12FNO/c12-10-5-8(7-2-1-3-7)4-9(6-10)11(13)14/h4-7H,1-3H2,(H2,13,14). The summed E-state index contributed by atoms with van der Waals surface area (Å²) >= 11 is 0. The van der Waals surface area contributed by atoms with E-state index >= 15 is 0 Å². The molecule has 0 radical (unpaired) electrons. The van der Waals surface area contributed by atoms with Crippen LogP contribution in [0.4, 0.5) is 4.39 Å². The molecule has 0 bridgehead atoms. The minimum Gasteiger partial charge on any atom is -0.366 e. The van der Waals surface area contributed by atoms with E-state index in [0.29, 0.717) is 5.92 Å². The molecule has 1 aromatic carbocycles. The van der Waals surface area contributed by atoms with Crippen LogP contribution < -0.4 is 5.73 Å². The first-order chi connectivity index (χ1) is 6.66. The van der Waals surface area contributed by atoms with Crippen molar-refractivity contribution in [2.45, 2.75) is 25.2 Å². The molecule has 1 aromatic rings. The molecule has 0 saturated heterocycles. The second-order valence-corrected chi connectivity index (χ2v) is 3.77. The van der Waals surface area contributed by atoms with E-state index in [2.05, 4.69) is 0 Å². The van der Waals surface area contributed by atoms with Gasteiger partial charge < -0.3 is 5.73 Å². The number of halogens is 1. The smallest absolute Gasteiger partial charge is 0.248 e. The van der Waals surface area contributed by atoms with E-state index < -0.39 is 5.91 Å². The highest BCUT2D eigenvalue weighted by Gasteiger charge is 2.20. The average molecular weight is 193 g/mol. The summed E-state index contributed by atoms with van der Waals surface area (Å²) in [6, 6.07) is 4.38. The van der Waals surface area contributed by atoms with Gasteiger partial charge in [-0.2, -0.15) is 0 Å². The van der Waals surface area contributed by atoms with Crippen LogP contribution in [0.15, 0.2) is 18.2 Å². The molecule has 0 aliphatic heterocycles. The van der Waals surface area contributed by atoms with Crippen LogP contribution in [-0.4, -0.2) is 5.91 Å². The minimum atomic E-state index is -0.565. The van der Waals surface area contributed by atoms with Gasteiger partial charge in [-0.15, -0.1) is 0 Å². The van der Waals surface area contributed by atoms with E-state index in [1.807, 2.05) is 0 Å². The first-order valence-corrected chi connectivity index (χ1v) is 4.77. The lowest BCUT2D eigenvalue weighted by Gasteiger charge is -2.26. The molecule has 1 amide bonds. The fourth-order valence-corrected chi connectivity index (χ4v) is 1.73. The quantitative estimate of drug-likeness (QED) is 0.768. The molecule has 1 fully saturated rings. The molecule has 3 heteroatoms. The Morgan fingerprint density at radius 3 is 2.57 bits per heavy atom. The fourth-order valence-electron chi connectivity index (χ4n) is 1.73. The van der Waals surface area contributed by atoms with Crippen LogP contribution in [-0.2, 0) is 0 Å². The second kappa shape index (κ2) is 3.40. The van der Waals surface area contributed by atoms with Gasteiger partial charge in [-0.05, 0) is 42.5 Å². The van der Waals surface area contributed by atoms with Crippen LogP contribution in [0.25, 0.3) is 0 Å². The molecular formula is C11H12FNO. The van der Waals surface area contributed by atoms with Crippen molar-refractivity contribution >= 4 is 5.91 Å². The molecule has 2 rings (SSSR count). The van der Waals surface area contributed by atoms with Crippen LogP contribution in [0, 0.1) is 5.82 Å². The molecule has 2 nitrogen and oxygen atoms in total. The van der Waals surface area contributed by atoms with E-state index in [9.17, 15) is 9.18 Å². The third kappa shape index (κ3) is 1.62. The van der Waals surface area contributed by atoms with Crippen LogP contribution in [0.3, 0.4) is 0 Å². The number of hydrogen-bond donors (Lipinski definition) is 1. The zero-order chi connectivity index (χ0) is 10.1. The van der Waals surface area contributed by atoms with E-state index in [0.717, 1.165) is 18.4 Å². The van der Waals surface area contributed by atoms with Gasteiger partial charge in [0.2, 0.25) is 5.91 Å². The SMILES string of the molecule is NC(=O)c1cc(F)cc(C2CCC2)c1. The lowest BCUT2D eigenvalue weighted by atomic mass is 9.79. The Morgan fingerprint density at radius 2 is 2.07 bits per heavy atom. The highest BCUT2D eigenvalue weighted by Crippen LogP contribution is 2.36. The highest BCUT2D eigenvalue weighted by atomic mass is 19.1. The van der Waals surface area contributed by atoms with Crippen LogP contribution in [0.5, 0.6) is 0 Å². The topological polar surface area (TPSA) is 43.1 Å². The predicted molar refractivity (Wildman–Crippen MR) is 51.5 cm³/mol. The average Bonchev–Trinajstić information content (AvgIpc) is 1.99. The van der Waals surface area contributed by atoms with Crippen molar-refractivity contribution in [3.8, 4) is 0 Å². The van der Waals surface area contributed by atoms with Gasteiger partial charge in [0.05, 0.1) is 0 Å². The van der Waals surface area contributed by atoms with Gasteiger partial charge in [0.1, 0.15) is 5.82 Å². The predicted octanol–water partition coefficient (Wildman–Crippen LogP) is 2.19. The number of nitrogens with two attached hydrogens (primary N) is 1. The van der Waals surface area contributed by atoms with E-state index in [-0.39, 0.29) is 11.4 Å². The van der Waals surface area contributed by atoms with Gasteiger partial charge in [-0.1, -0.05) is 6.42 Å². The summed E-state index contributed by atoms with van der Waals surface area (Å²) in [4.78, 5) is 10.9. The molecule has 0 spiro atoms. The van der Waals surface area contributed by atoms with E-state index in [1.165, 1.54) is 18.6 Å². The number of amides is 1. The van der Waals surface area contributed by atoms with Crippen molar-refractivity contribution in [2.24, 2.45) is 5.73 Å². The van der Waals surface area contributed by atoms with Crippen LogP contribution in [0.2, 0.25) is 0 Å². The minimum absolute atomic E-state index is 0.270. The number of hydrogen-bond acceptors (Lipinski definition) is 1. The van der Waals surface area contributed by atoms with Gasteiger partial charge in [0, 0.05) is 5.56 Å². The zero-order valence-corrected chi connectivity index (χ0v) is 7.79. The summed E-state index contributed by atoms with van der Waals surface area (Å²) in [5.41, 5.74) is 6.28. The van der Waals surface area contributed by atoms with Crippen molar-refractivity contribution in [1.29, 1.82) is 0 Å². The normalized spacial score (nSPS) is 16.4. The Hall–Kier alpha value is -1.38. The lowest BCUT2D eigenvalue weighted by Crippen LogP contribution is -2.14. The number of benzene rings is 1. The van der Waals surface area contributed by atoms with Gasteiger partial charge in [0.15, 0.2) is 0 Å². The van der Waals surface area contributed by atoms with E-state index in [1.54, 1.807) is 6.07 Å². The molecule has 74 valence electrons. The molecule has 2 N–H and O–H groups in total. The Kier molecular flexibility index (Phi) is 2.23. The molecular weight excluding hydrogens is 181 g/mol. The summed E-state index contributed by atoms with van der Waals surface area (Å²) in [5, 5.41) is 0. The maximum Gasteiger partial charge on any atom is 0.248 e. The summed E-state index contributed by atoms with van der Waals surface area (Å²) in [5.74, 6) is -0.517. The lowest BCUT2D eigenvalue weighted by molar-refractivity contribution is 0.0999. The number of rotatable bonds is 2. The molecule has 0 unspecified atom stereocenters. The van der Waals surface area contributed by atoms with E-state index in [4.69, 9.17) is 5.73 Å². The molecule has 1 saturated carbocycles. The third-order valence-corrected chi connectivity index (χ3v) is 2.78. The first kappa shape index (κ1) is 9.19. The Bertz CT molecular complexity index is 372. The highest BCUT2D eigenvalue weighted by molar-refractivity contribution is 5.92. The van der Waals surface area contributed by atoms with Crippen molar-refractivity contribution in [2.75, 3.05) is 0 Å². The summed E-state index contributed by atoms with van der Waals surface area (Å²) in [7, 11) is 0. The molecule has 0 aromatic heterocycles. The maximum absolute atomic E-state index is 13.1. The molecule has 1 aliphatic rings. The van der Waals surface area contributed by atoms with Gasteiger partial charge in [-0.3, -0.25) is 4.79 Å². The second-order valence-electron chi connectivity index (χ2n) is 3.77. The molecule has 0 atom stereocenters. The Labute approximate surface area is 81.9 Å². The number of carbonyl (C=O) groups excluding carboxylic acids is 1. The number of carbonyl (C=O) groups is 1. The van der Waals surface area contributed by atoms with Gasteiger partial charge in [0.25, 0.3) is 0 Å². The molecule has 1 aliphatic carbocycles. The van der Waals surface area contributed by atoms with Crippen molar-refractivity contribution < 1.29 is 9.18 Å². The first-order valence-electron chi connectivity index (χ1n) is 4.77. The largest absolute Gasteiger partial charge is 0.366 e. The summed E-state index contributed by atoms with van der Waals surface area (Å²) in [6.07, 6.45) is 3.36. The Morgan fingerprint density at radius 1 is 1.36 bits per heavy atom. The van der Waals surface area contributed by atoms with Crippen molar-refractivity contribution in [3.05, 3.63) is 35.1 Å².